The largest absolute Gasteiger partial charge is 0.344 e. The summed E-state index contributed by atoms with van der Waals surface area (Å²) in [6.45, 7) is 4.16. The molecule has 0 amide bonds. The molecule has 0 aliphatic rings. The monoisotopic (exact) mass is 240 g/mol. The van der Waals surface area contributed by atoms with Gasteiger partial charge in [0, 0.05) is 12.3 Å². The standard InChI is InChI=1S/C13H21O2P/c1-3-7-12(2)10-16(14,15)11-13-8-5-4-6-9-13/h4-6,8-9,12H,3,7,10-11H2,1-2H3,(H,14,15). The van der Waals surface area contributed by atoms with E-state index in [9.17, 15) is 9.46 Å². The zero-order chi connectivity index (χ0) is 12.0. The normalized spacial score (nSPS) is 16.7. The molecule has 0 radical (unpaired) electrons. The Balaban J connectivity index is 2.55. The van der Waals surface area contributed by atoms with Crippen LogP contribution in [0.5, 0.6) is 0 Å². The highest BCUT2D eigenvalue weighted by Gasteiger charge is 2.21. The molecule has 1 N–H and O–H groups in total. The highest BCUT2D eigenvalue weighted by atomic mass is 31.2. The molecule has 2 nitrogen and oxygen atoms in total. The van der Waals surface area contributed by atoms with Gasteiger partial charge in [-0.25, -0.2) is 0 Å². The fourth-order valence-corrected chi connectivity index (χ4v) is 4.07. The van der Waals surface area contributed by atoms with E-state index in [-0.39, 0.29) is 0 Å². The molecule has 0 aliphatic heterocycles. The molecule has 0 saturated carbocycles. The summed E-state index contributed by atoms with van der Waals surface area (Å²) < 4.78 is 12.0. The predicted molar refractivity (Wildman–Crippen MR) is 68.9 cm³/mol. The van der Waals surface area contributed by atoms with Crippen LogP contribution in [-0.2, 0) is 10.7 Å². The van der Waals surface area contributed by atoms with E-state index in [0.717, 1.165) is 18.4 Å². The second-order valence-electron chi connectivity index (χ2n) is 4.57. The van der Waals surface area contributed by atoms with Crippen LogP contribution in [0.25, 0.3) is 0 Å². The van der Waals surface area contributed by atoms with E-state index in [4.69, 9.17) is 0 Å². The average molecular weight is 240 g/mol. The molecule has 0 fully saturated rings. The maximum absolute atomic E-state index is 12.0. The molecule has 0 spiro atoms. The Morgan fingerprint density at radius 2 is 1.94 bits per heavy atom. The Labute approximate surface area is 98.2 Å². The molecule has 3 heteroatoms. The topological polar surface area (TPSA) is 37.3 Å². The smallest absolute Gasteiger partial charge is 0.205 e. The number of hydrogen-bond donors (Lipinski definition) is 1. The minimum absolute atomic E-state index is 0.307. The lowest BCUT2D eigenvalue weighted by Gasteiger charge is -2.16. The predicted octanol–water partition coefficient (Wildman–Crippen LogP) is 3.89. The fourth-order valence-electron chi connectivity index (χ4n) is 2.00. The second-order valence-corrected chi connectivity index (χ2v) is 6.94. The van der Waals surface area contributed by atoms with E-state index in [1.807, 2.05) is 30.3 Å². The van der Waals surface area contributed by atoms with Crippen LogP contribution in [0, 0.1) is 5.92 Å². The maximum atomic E-state index is 12.0. The summed E-state index contributed by atoms with van der Waals surface area (Å²) in [7, 11) is -3.00. The van der Waals surface area contributed by atoms with Crippen LogP contribution in [0.3, 0.4) is 0 Å². The van der Waals surface area contributed by atoms with Crippen LogP contribution in [0.2, 0.25) is 0 Å². The molecule has 2 unspecified atom stereocenters. The summed E-state index contributed by atoms with van der Waals surface area (Å²) in [5.41, 5.74) is 0.956. The van der Waals surface area contributed by atoms with Gasteiger partial charge < -0.3 is 4.89 Å². The van der Waals surface area contributed by atoms with Crippen molar-refractivity contribution in [2.24, 2.45) is 5.92 Å². The molecule has 0 heterocycles. The second kappa shape index (κ2) is 6.22. The van der Waals surface area contributed by atoms with Gasteiger partial charge in [-0.05, 0) is 11.5 Å². The summed E-state index contributed by atoms with van der Waals surface area (Å²) in [5.74, 6) is 0.338. The maximum Gasteiger partial charge on any atom is 0.205 e. The Morgan fingerprint density at radius 3 is 2.50 bits per heavy atom. The van der Waals surface area contributed by atoms with Gasteiger partial charge in [0.2, 0.25) is 7.37 Å². The summed E-state index contributed by atoms with van der Waals surface area (Å²) in [5, 5.41) is 0. The van der Waals surface area contributed by atoms with Crippen molar-refractivity contribution in [2.75, 3.05) is 6.16 Å². The number of benzene rings is 1. The highest BCUT2D eigenvalue weighted by molar-refractivity contribution is 7.57. The Hall–Kier alpha value is -0.590. The lowest BCUT2D eigenvalue weighted by Crippen LogP contribution is -2.03. The van der Waals surface area contributed by atoms with Gasteiger partial charge in [0.1, 0.15) is 0 Å². The molecule has 2 atom stereocenters. The minimum Gasteiger partial charge on any atom is -0.344 e. The zero-order valence-electron chi connectivity index (χ0n) is 10.1. The summed E-state index contributed by atoms with van der Waals surface area (Å²) in [6, 6.07) is 9.56. The Kier molecular flexibility index (Phi) is 5.24. The van der Waals surface area contributed by atoms with Crippen LogP contribution in [0.15, 0.2) is 30.3 Å². The van der Waals surface area contributed by atoms with Gasteiger partial charge in [-0.3, -0.25) is 4.57 Å². The lowest BCUT2D eigenvalue weighted by atomic mass is 10.1. The van der Waals surface area contributed by atoms with Gasteiger partial charge in [0.15, 0.2) is 0 Å². The fraction of sp³-hybridized carbons (Fsp3) is 0.538. The Bertz CT molecular complexity index is 348. The molecule has 0 bridgehead atoms. The molecule has 0 aromatic heterocycles. The molecular weight excluding hydrogens is 219 g/mol. The van der Waals surface area contributed by atoms with E-state index in [1.165, 1.54) is 0 Å². The SMILES string of the molecule is CCCC(C)CP(=O)(O)Cc1ccccc1. The quantitative estimate of drug-likeness (QED) is 0.766. The summed E-state index contributed by atoms with van der Waals surface area (Å²) in [4.78, 5) is 9.92. The molecular formula is C13H21O2P. The first-order chi connectivity index (χ1) is 7.53. The molecule has 0 saturated heterocycles. The van der Waals surface area contributed by atoms with E-state index in [1.54, 1.807) is 0 Å². The van der Waals surface area contributed by atoms with Gasteiger partial charge in [-0.2, -0.15) is 0 Å². The van der Waals surface area contributed by atoms with E-state index >= 15 is 0 Å². The van der Waals surface area contributed by atoms with Crippen LogP contribution in [-0.4, -0.2) is 11.1 Å². The minimum atomic E-state index is -3.00. The molecule has 16 heavy (non-hydrogen) atoms. The number of rotatable bonds is 6. The number of hydrogen-bond acceptors (Lipinski definition) is 1. The third-order valence-corrected chi connectivity index (χ3v) is 4.70. The lowest BCUT2D eigenvalue weighted by molar-refractivity contribution is 0.457. The van der Waals surface area contributed by atoms with Gasteiger partial charge in [-0.1, -0.05) is 57.0 Å². The van der Waals surface area contributed by atoms with Crippen molar-refractivity contribution in [1.29, 1.82) is 0 Å². The molecule has 1 aromatic carbocycles. The van der Waals surface area contributed by atoms with E-state index in [0.29, 0.717) is 18.2 Å². The van der Waals surface area contributed by atoms with E-state index < -0.39 is 7.37 Å². The van der Waals surface area contributed by atoms with Crippen LogP contribution < -0.4 is 0 Å². The third-order valence-electron chi connectivity index (χ3n) is 2.65. The summed E-state index contributed by atoms with van der Waals surface area (Å²) in [6.07, 6.45) is 2.85. The van der Waals surface area contributed by atoms with Gasteiger partial charge >= 0.3 is 0 Å². The van der Waals surface area contributed by atoms with Gasteiger partial charge in [0.05, 0.1) is 0 Å². The van der Waals surface area contributed by atoms with Crippen LogP contribution >= 0.6 is 7.37 Å². The average Bonchev–Trinajstić information content (AvgIpc) is 2.17. The van der Waals surface area contributed by atoms with Crippen LogP contribution in [0.1, 0.15) is 32.3 Å². The van der Waals surface area contributed by atoms with Crippen molar-refractivity contribution in [1.82, 2.24) is 0 Å². The highest BCUT2D eigenvalue weighted by Crippen LogP contribution is 2.46. The first-order valence-electron chi connectivity index (χ1n) is 5.88. The van der Waals surface area contributed by atoms with Crippen molar-refractivity contribution in [3.63, 3.8) is 0 Å². The van der Waals surface area contributed by atoms with Gasteiger partial charge in [-0.15, -0.1) is 0 Å². The van der Waals surface area contributed by atoms with Crippen molar-refractivity contribution in [3.05, 3.63) is 35.9 Å². The molecule has 1 rings (SSSR count). The zero-order valence-corrected chi connectivity index (χ0v) is 11.0. The van der Waals surface area contributed by atoms with Crippen molar-refractivity contribution in [2.45, 2.75) is 32.9 Å². The molecule has 1 aromatic rings. The van der Waals surface area contributed by atoms with Crippen LogP contribution in [0.4, 0.5) is 0 Å². The molecule has 0 aliphatic carbocycles. The van der Waals surface area contributed by atoms with Gasteiger partial charge in [0.25, 0.3) is 0 Å². The van der Waals surface area contributed by atoms with Crippen molar-refractivity contribution >= 4 is 7.37 Å². The summed E-state index contributed by atoms with van der Waals surface area (Å²) >= 11 is 0. The molecule has 90 valence electrons. The third kappa shape index (κ3) is 4.96. The first kappa shape index (κ1) is 13.5. The van der Waals surface area contributed by atoms with E-state index in [2.05, 4.69) is 13.8 Å². The van der Waals surface area contributed by atoms with Crippen molar-refractivity contribution in [3.8, 4) is 0 Å². The Morgan fingerprint density at radius 1 is 1.31 bits per heavy atom. The first-order valence-corrected chi connectivity index (χ1v) is 7.91. The van der Waals surface area contributed by atoms with Crippen molar-refractivity contribution < 1.29 is 9.46 Å².